The van der Waals surface area contributed by atoms with Gasteiger partial charge in [-0.15, -0.1) is 0 Å². The van der Waals surface area contributed by atoms with E-state index in [1.165, 1.54) is 5.56 Å². The Kier molecular flexibility index (Phi) is 4.93. The number of benzene rings is 1. The van der Waals surface area contributed by atoms with Crippen LogP contribution in [0.2, 0.25) is 0 Å². The smallest absolute Gasteiger partial charge is 0.253 e. The van der Waals surface area contributed by atoms with Crippen molar-refractivity contribution in [3.8, 4) is 0 Å². The van der Waals surface area contributed by atoms with Crippen molar-refractivity contribution in [2.24, 2.45) is 0 Å². The summed E-state index contributed by atoms with van der Waals surface area (Å²) >= 11 is 0. The second-order valence-corrected chi connectivity index (χ2v) is 4.93. The van der Waals surface area contributed by atoms with Gasteiger partial charge in [0.2, 0.25) is 0 Å². The minimum atomic E-state index is -0.339. The van der Waals surface area contributed by atoms with Gasteiger partial charge in [0, 0.05) is 26.7 Å². The van der Waals surface area contributed by atoms with Crippen LogP contribution in [-0.4, -0.2) is 43.7 Å². The molecule has 19 heavy (non-hydrogen) atoms. The Morgan fingerprint density at radius 1 is 1.37 bits per heavy atom. The molecule has 1 N–H and O–H groups in total. The second kappa shape index (κ2) is 6.68. The Balaban J connectivity index is 1.91. The number of amides is 1. The van der Waals surface area contributed by atoms with Crippen LogP contribution >= 0.6 is 0 Å². The molecule has 1 saturated heterocycles. The third-order valence-electron chi connectivity index (χ3n) is 3.43. The van der Waals surface area contributed by atoms with Gasteiger partial charge in [0.1, 0.15) is 6.10 Å². The van der Waals surface area contributed by atoms with Gasteiger partial charge in [-0.1, -0.05) is 31.2 Å². The lowest BCUT2D eigenvalue weighted by atomic mass is 10.1. The summed E-state index contributed by atoms with van der Waals surface area (Å²) in [7, 11) is 1.83. The molecule has 0 bridgehead atoms. The molecule has 1 aromatic carbocycles. The maximum absolute atomic E-state index is 12.2. The number of nitrogens with zero attached hydrogens (tertiary/aromatic N) is 1. The van der Waals surface area contributed by atoms with Crippen LogP contribution in [0.4, 0.5) is 0 Å². The summed E-state index contributed by atoms with van der Waals surface area (Å²) in [6, 6.07) is 8.41. The summed E-state index contributed by atoms with van der Waals surface area (Å²) in [6.07, 6.45) is 0.699. The predicted octanol–water partition coefficient (Wildman–Crippen LogP) is 1.20. The molecule has 1 unspecified atom stereocenters. The van der Waals surface area contributed by atoms with E-state index < -0.39 is 0 Å². The maximum atomic E-state index is 12.2. The molecule has 0 radical (unpaired) electrons. The first kappa shape index (κ1) is 14.0. The molecular weight excluding hydrogens is 240 g/mol. The zero-order valence-corrected chi connectivity index (χ0v) is 11.7. The fraction of sp³-hybridized carbons (Fsp3) is 0.533. The third kappa shape index (κ3) is 3.78. The molecule has 2 rings (SSSR count). The van der Waals surface area contributed by atoms with Crippen LogP contribution in [0, 0.1) is 0 Å². The van der Waals surface area contributed by atoms with Gasteiger partial charge in [0.05, 0.1) is 6.61 Å². The molecule has 1 atom stereocenters. The van der Waals surface area contributed by atoms with Crippen LogP contribution in [0.1, 0.15) is 18.1 Å². The summed E-state index contributed by atoms with van der Waals surface area (Å²) < 4.78 is 5.48. The number of carbonyl (C=O) groups excluding carboxylic acids is 1. The molecule has 4 nitrogen and oxygen atoms in total. The van der Waals surface area contributed by atoms with Crippen LogP contribution < -0.4 is 5.32 Å². The molecule has 104 valence electrons. The average molecular weight is 262 g/mol. The highest BCUT2D eigenvalue weighted by atomic mass is 16.5. The molecule has 1 aromatic rings. The van der Waals surface area contributed by atoms with Gasteiger partial charge in [-0.3, -0.25) is 4.79 Å². The lowest BCUT2D eigenvalue weighted by Gasteiger charge is -2.27. The number of hydrogen-bond acceptors (Lipinski definition) is 3. The summed E-state index contributed by atoms with van der Waals surface area (Å²) in [4.78, 5) is 13.9. The minimum absolute atomic E-state index is 0.0479. The number of nitrogens with one attached hydrogen (secondary N) is 1. The number of morpholine rings is 1. The Morgan fingerprint density at radius 3 is 2.63 bits per heavy atom. The van der Waals surface area contributed by atoms with Crippen molar-refractivity contribution < 1.29 is 9.53 Å². The fourth-order valence-electron chi connectivity index (χ4n) is 2.20. The van der Waals surface area contributed by atoms with Gasteiger partial charge < -0.3 is 15.0 Å². The normalized spacial score (nSPS) is 19.2. The Hall–Kier alpha value is -1.39. The highest BCUT2D eigenvalue weighted by Crippen LogP contribution is 2.09. The largest absolute Gasteiger partial charge is 0.366 e. The van der Waals surface area contributed by atoms with E-state index in [0.717, 1.165) is 18.5 Å². The number of carbonyl (C=O) groups is 1. The van der Waals surface area contributed by atoms with Crippen molar-refractivity contribution in [3.05, 3.63) is 35.4 Å². The average Bonchev–Trinajstić information content (AvgIpc) is 2.48. The molecule has 4 heteroatoms. The van der Waals surface area contributed by atoms with Crippen LogP contribution in [0.15, 0.2) is 24.3 Å². The molecule has 1 amide bonds. The first-order chi connectivity index (χ1) is 9.20. The van der Waals surface area contributed by atoms with Crippen LogP contribution in [-0.2, 0) is 22.5 Å². The summed E-state index contributed by atoms with van der Waals surface area (Å²) in [5, 5.41) is 3.18. The number of ether oxygens (including phenoxy) is 1. The highest BCUT2D eigenvalue weighted by molar-refractivity contribution is 5.81. The van der Waals surface area contributed by atoms with Crippen molar-refractivity contribution in [2.45, 2.75) is 26.0 Å². The van der Waals surface area contributed by atoms with Gasteiger partial charge in [-0.25, -0.2) is 0 Å². The summed E-state index contributed by atoms with van der Waals surface area (Å²) in [6.45, 7) is 4.81. The van der Waals surface area contributed by atoms with E-state index in [9.17, 15) is 4.79 Å². The quantitative estimate of drug-likeness (QED) is 0.886. The summed E-state index contributed by atoms with van der Waals surface area (Å²) in [5.74, 6) is 0.0479. The molecule has 1 heterocycles. The molecule has 0 saturated carbocycles. The zero-order chi connectivity index (χ0) is 13.7. The van der Waals surface area contributed by atoms with Crippen molar-refractivity contribution in [2.75, 3.05) is 26.7 Å². The molecule has 0 aliphatic carbocycles. The third-order valence-corrected chi connectivity index (χ3v) is 3.43. The lowest BCUT2D eigenvalue weighted by molar-refractivity contribution is -0.144. The number of likely N-dealkylation sites (N-methyl/N-ethyl adjacent to an activating group) is 1. The van der Waals surface area contributed by atoms with E-state index in [0.29, 0.717) is 19.7 Å². The Morgan fingerprint density at radius 2 is 2.05 bits per heavy atom. The standard InChI is InChI=1S/C15H22N2O2/c1-3-12-4-6-13(7-5-12)11-17(2)15(18)14-10-16-8-9-19-14/h4-7,14,16H,3,8-11H2,1-2H3. The van der Waals surface area contributed by atoms with Crippen LogP contribution in [0.3, 0.4) is 0 Å². The van der Waals surface area contributed by atoms with Gasteiger partial charge >= 0.3 is 0 Å². The van der Waals surface area contributed by atoms with Crippen molar-refractivity contribution in [1.82, 2.24) is 10.2 Å². The number of hydrogen-bond donors (Lipinski definition) is 1. The van der Waals surface area contributed by atoms with Gasteiger partial charge in [0.25, 0.3) is 5.91 Å². The van der Waals surface area contributed by atoms with Gasteiger partial charge in [0.15, 0.2) is 0 Å². The highest BCUT2D eigenvalue weighted by Gasteiger charge is 2.24. The van der Waals surface area contributed by atoms with Crippen molar-refractivity contribution >= 4 is 5.91 Å². The maximum Gasteiger partial charge on any atom is 0.253 e. The summed E-state index contributed by atoms with van der Waals surface area (Å²) in [5.41, 5.74) is 2.47. The van der Waals surface area contributed by atoms with E-state index in [-0.39, 0.29) is 12.0 Å². The number of rotatable bonds is 4. The van der Waals surface area contributed by atoms with E-state index in [4.69, 9.17) is 4.74 Å². The Labute approximate surface area is 114 Å². The SMILES string of the molecule is CCc1ccc(CN(C)C(=O)C2CNCCO2)cc1. The Bertz CT molecular complexity index is 411. The number of aryl methyl sites for hydroxylation is 1. The van der Waals surface area contributed by atoms with E-state index in [2.05, 4.69) is 36.5 Å². The van der Waals surface area contributed by atoms with Crippen molar-refractivity contribution in [3.63, 3.8) is 0 Å². The second-order valence-electron chi connectivity index (χ2n) is 4.93. The molecular formula is C15H22N2O2. The fourth-order valence-corrected chi connectivity index (χ4v) is 2.20. The van der Waals surface area contributed by atoms with Gasteiger partial charge in [-0.2, -0.15) is 0 Å². The molecule has 1 fully saturated rings. The van der Waals surface area contributed by atoms with E-state index >= 15 is 0 Å². The van der Waals surface area contributed by atoms with E-state index in [1.54, 1.807) is 4.90 Å². The first-order valence-corrected chi connectivity index (χ1v) is 6.86. The first-order valence-electron chi connectivity index (χ1n) is 6.86. The molecule has 0 aromatic heterocycles. The topological polar surface area (TPSA) is 41.6 Å². The van der Waals surface area contributed by atoms with Crippen LogP contribution in [0.25, 0.3) is 0 Å². The van der Waals surface area contributed by atoms with E-state index in [1.807, 2.05) is 7.05 Å². The minimum Gasteiger partial charge on any atom is -0.366 e. The van der Waals surface area contributed by atoms with Crippen molar-refractivity contribution in [1.29, 1.82) is 0 Å². The predicted molar refractivity (Wildman–Crippen MR) is 74.9 cm³/mol. The molecule has 1 aliphatic heterocycles. The monoisotopic (exact) mass is 262 g/mol. The van der Waals surface area contributed by atoms with Gasteiger partial charge in [-0.05, 0) is 17.5 Å². The lowest BCUT2D eigenvalue weighted by Crippen LogP contribution is -2.48. The molecule has 1 aliphatic rings. The van der Waals surface area contributed by atoms with Crippen LogP contribution in [0.5, 0.6) is 0 Å². The molecule has 0 spiro atoms. The zero-order valence-electron chi connectivity index (χ0n) is 11.7.